The second-order valence-electron chi connectivity index (χ2n) is 7.73. The van der Waals surface area contributed by atoms with E-state index in [2.05, 4.69) is 14.4 Å². The number of carbonyl (C=O) groups excluding carboxylic acids is 1. The van der Waals surface area contributed by atoms with Gasteiger partial charge in [-0.2, -0.15) is 8.42 Å². The van der Waals surface area contributed by atoms with E-state index in [-0.39, 0.29) is 16.6 Å². The number of likely N-dealkylation sites (tertiary alicyclic amines) is 1. The highest BCUT2D eigenvalue weighted by Gasteiger charge is 2.39. The Balaban J connectivity index is 1.48. The number of nitrogens with zero attached hydrogens (tertiary/aromatic N) is 2. The normalized spacial score (nSPS) is 19.3. The second kappa shape index (κ2) is 8.55. The molecule has 0 spiro atoms. The molecule has 170 valence electrons. The summed E-state index contributed by atoms with van der Waals surface area (Å²) in [5.41, 5.74) is 1.44. The number of nitrogens with one attached hydrogen (secondary N) is 2. The van der Waals surface area contributed by atoms with Crippen molar-refractivity contribution in [2.75, 3.05) is 22.3 Å². The van der Waals surface area contributed by atoms with Gasteiger partial charge in [0.1, 0.15) is 10.9 Å². The van der Waals surface area contributed by atoms with E-state index >= 15 is 0 Å². The Labute approximate surface area is 187 Å². The van der Waals surface area contributed by atoms with E-state index in [1.807, 2.05) is 0 Å². The van der Waals surface area contributed by atoms with Crippen LogP contribution in [0.4, 0.5) is 11.4 Å². The highest BCUT2D eigenvalue weighted by Crippen LogP contribution is 2.31. The van der Waals surface area contributed by atoms with Gasteiger partial charge in [0.05, 0.1) is 5.75 Å². The lowest BCUT2D eigenvalue weighted by Crippen LogP contribution is -2.43. The van der Waals surface area contributed by atoms with E-state index in [1.54, 1.807) is 54.3 Å². The minimum absolute atomic E-state index is 0.0335. The summed E-state index contributed by atoms with van der Waals surface area (Å²) in [7, 11) is -7.16. The highest BCUT2D eigenvalue weighted by atomic mass is 32.2. The third kappa shape index (κ3) is 4.49. The minimum Gasteiger partial charge on any atom is -0.343 e. The van der Waals surface area contributed by atoms with Crippen LogP contribution in [-0.4, -0.2) is 51.8 Å². The number of carbonyl (C=O) groups is 1. The predicted molar refractivity (Wildman–Crippen MR) is 123 cm³/mol. The van der Waals surface area contributed by atoms with Gasteiger partial charge in [-0.3, -0.25) is 9.52 Å². The molecule has 2 aromatic rings. The molecule has 0 bridgehead atoms. The van der Waals surface area contributed by atoms with E-state index in [1.165, 1.54) is 6.07 Å². The van der Waals surface area contributed by atoms with Crippen LogP contribution in [0.2, 0.25) is 0 Å². The third-order valence-electron chi connectivity index (χ3n) is 5.34. The molecule has 11 heteroatoms. The first-order valence-electron chi connectivity index (χ1n) is 10.3. The van der Waals surface area contributed by atoms with Crippen LogP contribution >= 0.6 is 0 Å². The van der Waals surface area contributed by atoms with Gasteiger partial charge >= 0.3 is 0 Å². The Morgan fingerprint density at radius 3 is 2.53 bits per heavy atom. The summed E-state index contributed by atoms with van der Waals surface area (Å²) in [5.74, 6) is 0.0661. The van der Waals surface area contributed by atoms with Gasteiger partial charge in [0.25, 0.3) is 10.0 Å². The third-order valence-corrected chi connectivity index (χ3v) is 8.16. The topological polar surface area (TPSA) is 125 Å². The molecule has 2 N–H and O–H groups in total. The fraction of sp³-hybridized carbons (Fsp3) is 0.333. The zero-order valence-corrected chi connectivity index (χ0v) is 19.1. The zero-order valence-electron chi connectivity index (χ0n) is 17.5. The lowest BCUT2D eigenvalue weighted by atomic mass is 10.1. The van der Waals surface area contributed by atoms with Crippen LogP contribution in [0.25, 0.3) is 0 Å². The summed E-state index contributed by atoms with van der Waals surface area (Å²) in [6.45, 7) is 2.31. The number of sulfonamides is 2. The maximum atomic E-state index is 13.0. The minimum atomic E-state index is -3.77. The van der Waals surface area contributed by atoms with Gasteiger partial charge < -0.3 is 10.2 Å². The van der Waals surface area contributed by atoms with Crippen molar-refractivity contribution in [1.82, 2.24) is 4.90 Å². The molecule has 1 fully saturated rings. The summed E-state index contributed by atoms with van der Waals surface area (Å²) < 4.78 is 55.0. The molecule has 0 radical (unpaired) electrons. The maximum absolute atomic E-state index is 13.0. The molecule has 2 aliphatic rings. The van der Waals surface area contributed by atoms with Crippen molar-refractivity contribution in [2.24, 2.45) is 4.40 Å². The smallest absolute Gasteiger partial charge is 0.285 e. The highest BCUT2D eigenvalue weighted by molar-refractivity contribution is 7.92. The van der Waals surface area contributed by atoms with Crippen LogP contribution in [-0.2, 0) is 24.8 Å². The molecule has 0 aromatic heterocycles. The Morgan fingerprint density at radius 1 is 1.12 bits per heavy atom. The molecule has 1 atom stereocenters. The summed E-state index contributed by atoms with van der Waals surface area (Å²) in [4.78, 5) is 14.9. The first-order chi connectivity index (χ1) is 15.2. The van der Waals surface area contributed by atoms with Crippen LogP contribution in [0.3, 0.4) is 0 Å². The number of hydrogen-bond acceptors (Lipinski definition) is 6. The van der Waals surface area contributed by atoms with Gasteiger partial charge in [-0.05, 0) is 55.7 Å². The zero-order chi connectivity index (χ0) is 22.9. The molecule has 2 aromatic carbocycles. The van der Waals surface area contributed by atoms with Gasteiger partial charge in [-0.15, -0.1) is 4.40 Å². The fourth-order valence-corrected chi connectivity index (χ4v) is 6.29. The van der Waals surface area contributed by atoms with Gasteiger partial charge in [-0.25, -0.2) is 8.42 Å². The quantitative estimate of drug-likeness (QED) is 0.660. The number of fused-ring (bicyclic) bond motifs is 1. The van der Waals surface area contributed by atoms with Crippen molar-refractivity contribution in [2.45, 2.75) is 37.1 Å². The monoisotopic (exact) mass is 476 g/mol. The first-order valence-corrected chi connectivity index (χ1v) is 13.4. The van der Waals surface area contributed by atoms with Crippen molar-refractivity contribution in [1.29, 1.82) is 0 Å². The van der Waals surface area contributed by atoms with Gasteiger partial charge in [-0.1, -0.05) is 19.1 Å². The molecule has 2 aliphatic heterocycles. The van der Waals surface area contributed by atoms with Crippen LogP contribution in [0, 0.1) is 0 Å². The first kappa shape index (κ1) is 22.3. The molecule has 2 heterocycles. The molecule has 0 saturated carbocycles. The molecule has 1 amide bonds. The number of hydrogen-bond donors (Lipinski definition) is 2. The van der Waals surface area contributed by atoms with Crippen molar-refractivity contribution in [3.8, 4) is 0 Å². The van der Waals surface area contributed by atoms with Crippen LogP contribution in [0.15, 0.2) is 57.8 Å². The molecular formula is C21H24N4O5S2. The van der Waals surface area contributed by atoms with E-state index in [9.17, 15) is 21.6 Å². The van der Waals surface area contributed by atoms with E-state index in [0.717, 1.165) is 6.42 Å². The Hall–Kier alpha value is -2.92. The maximum Gasteiger partial charge on any atom is 0.285 e. The molecule has 9 nitrogen and oxygen atoms in total. The molecule has 0 unspecified atom stereocenters. The Bertz CT molecular complexity index is 1270. The number of amides is 1. The lowest BCUT2D eigenvalue weighted by molar-refractivity contribution is -0.119. The molecular weight excluding hydrogens is 452 g/mol. The molecule has 4 rings (SSSR count). The van der Waals surface area contributed by atoms with Gasteiger partial charge in [0.15, 0.2) is 5.84 Å². The number of anilines is 2. The number of benzene rings is 2. The van der Waals surface area contributed by atoms with Crippen LogP contribution < -0.4 is 10.0 Å². The predicted octanol–water partition coefficient (Wildman–Crippen LogP) is 2.39. The van der Waals surface area contributed by atoms with Gasteiger partial charge in [0, 0.05) is 23.5 Å². The van der Waals surface area contributed by atoms with Crippen molar-refractivity contribution < 1.29 is 21.6 Å². The van der Waals surface area contributed by atoms with Crippen LogP contribution in [0.5, 0.6) is 0 Å². The van der Waals surface area contributed by atoms with Crippen LogP contribution in [0.1, 0.15) is 31.7 Å². The van der Waals surface area contributed by atoms with E-state index in [0.29, 0.717) is 42.2 Å². The summed E-state index contributed by atoms with van der Waals surface area (Å²) in [6, 6.07) is 12.5. The number of rotatable bonds is 6. The summed E-state index contributed by atoms with van der Waals surface area (Å²) in [5, 5.41) is 2.83. The van der Waals surface area contributed by atoms with E-state index in [4.69, 9.17) is 0 Å². The average molecular weight is 477 g/mol. The van der Waals surface area contributed by atoms with Crippen molar-refractivity contribution >= 4 is 43.2 Å². The molecule has 32 heavy (non-hydrogen) atoms. The summed E-state index contributed by atoms with van der Waals surface area (Å²) >= 11 is 0. The van der Waals surface area contributed by atoms with Gasteiger partial charge in [0.2, 0.25) is 15.9 Å². The standard InChI is InChI=1S/C21H24N4O5S2/c1-2-14-31(27,28)23-16-11-9-15(10-12-16)22-21(26)18-7-5-13-25(18)20-17-6-3-4-8-19(17)32(29,30)24-20/h3-4,6,8-12,18,23H,2,5,7,13-14H2,1H3,(H,22,26)/t18-/m0/s1. The fourth-order valence-electron chi connectivity index (χ4n) is 3.93. The summed E-state index contributed by atoms with van der Waals surface area (Å²) in [6.07, 6.45) is 1.82. The second-order valence-corrected chi connectivity index (χ2v) is 11.1. The molecule has 1 saturated heterocycles. The Kier molecular flexibility index (Phi) is 5.95. The van der Waals surface area contributed by atoms with E-state index < -0.39 is 26.1 Å². The number of amidine groups is 1. The lowest BCUT2D eigenvalue weighted by Gasteiger charge is -2.25. The average Bonchev–Trinajstić information content (AvgIpc) is 3.32. The van der Waals surface area contributed by atoms with Crippen molar-refractivity contribution in [3.63, 3.8) is 0 Å². The Morgan fingerprint density at radius 2 is 1.81 bits per heavy atom. The van der Waals surface area contributed by atoms with Crippen molar-refractivity contribution in [3.05, 3.63) is 54.1 Å². The SMILES string of the molecule is CCCS(=O)(=O)Nc1ccc(NC(=O)[C@@H]2CCCN2C2=NS(=O)(=O)c3ccccc32)cc1. The largest absolute Gasteiger partial charge is 0.343 e. The molecule has 0 aliphatic carbocycles.